The summed E-state index contributed by atoms with van der Waals surface area (Å²) in [4.78, 5) is 37.6. The van der Waals surface area contributed by atoms with Crippen molar-refractivity contribution in [2.75, 3.05) is 17.7 Å². The summed E-state index contributed by atoms with van der Waals surface area (Å²) in [5.41, 5.74) is -3.03. The molecule has 2 aromatic carbocycles. The molecule has 3 N–H and O–H groups in total. The van der Waals surface area contributed by atoms with Crippen LogP contribution in [0.1, 0.15) is 47.8 Å². The van der Waals surface area contributed by atoms with E-state index in [0.29, 0.717) is 11.6 Å². The number of benzene rings is 2. The van der Waals surface area contributed by atoms with Crippen molar-refractivity contribution in [3.8, 4) is 11.4 Å². The minimum Gasteiger partial charge on any atom is -0.373 e. The van der Waals surface area contributed by atoms with Crippen molar-refractivity contribution in [2.24, 2.45) is 5.41 Å². The maximum absolute atomic E-state index is 13.8. The average molecular weight is 605 g/mol. The zero-order valence-electron chi connectivity index (χ0n) is 23.3. The van der Waals surface area contributed by atoms with E-state index >= 15 is 0 Å². The van der Waals surface area contributed by atoms with Crippen molar-refractivity contribution >= 4 is 34.2 Å². The lowest BCUT2D eigenvalue weighted by Crippen LogP contribution is -2.34. The molecule has 0 spiro atoms. The Morgan fingerprint density at radius 2 is 1.58 bits per heavy atom. The lowest BCUT2D eigenvalue weighted by Gasteiger charge is -2.19. The molecule has 14 heteroatoms. The Hall–Kier alpha value is -4.75. The van der Waals surface area contributed by atoms with Gasteiger partial charge in [-0.05, 0) is 42.0 Å². The summed E-state index contributed by atoms with van der Waals surface area (Å²) in [6.07, 6.45) is -7.66. The molecule has 0 aliphatic rings. The molecule has 2 amide bonds. The Kier molecular flexibility index (Phi) is 8.34. The van der Waals surface area contributed by atoms with Gasteiger partial charge in [0.2, 0.25) is 5.91 Å². The number of rotatable bonds is 6. The fourth-order valence-corrected chi connectivity index (χ4v) is 4.03. The molecule has 0 unspecified atom stereocenters. The molecular weight excluding hydrogens is 578 g/mol. The average Bonchev–Trinajstić information content (AvgIpc) is 2.93. The van der Waals surface area contributed by atoms with E-state index in [2.05, 4.69) is 30.9 Å². The zero-order chi connectivity index (χ0) is 31.7. The van der Waals surface area contributed by atoms with Crippen LogP contribution in [0.4, 0.5) is 37.8 Å². The van der Waals surface area contributed by atoms with Crippen molar-refractivity contribution in [1.29, 1.82) is 0 Å². The summed E-state index contributed by atoms with van der Waals surface area (Å²) < 4.78 is 81.1. The van der Waals surface area contributed by atoms with Gasteiger partial charge in [0.1, 0.15) is 5.82 Å². The maximum atomic E-state index is 13.8. The summed E-state index contributed by atoms with van der Waals surface area (Å²) in [6, 6.07) is 8.15. The van der Waals surface area contributed by atoms with Gasteiger partial charge in [0.05, 0.1) is 22.2 Å². The lowest BCUT2D eigenvalue weighted by molar-refractivity contribution is -0.138. The van der Waals surface area contributed by atoms with Gasteiger partial charge in [-0.15, -0.1) is 0 Å². The van der Waals surface area contributed by atoms with Crippen molar-refractivity contribution in [2.45, 2.75) is 39.7 Å². The molecule has 4 aromatic rings. The topological polar surface area (TPSA) is 109 Å². The third-order valence-corrected chi connectivity index (χ3v) is 6.28. The predicted molar refractivity (Wildman–Crippen MR) is 148 cm³/mol. The van der Waals surface area contributed by atoms with Gasteiger partial charge in [-0.2, -0.15) is 26.3 Å². The first-order valence-corrected chi connectivity index (χ1v) is 12.8. The number of amides is 2. The number of alkyl halides is 6. The van der Waals surface area contributed by atoms with Gasteiger partial charge >= 0.3 is 12.4 Å². The molecule has 8 nitrogen and oxygen atoms in total. The molecule has 0 saturated carbocycles. The number of pyridine rings is 1. The SMILES string of the molecule is CNc1nc(-c2cncc(C(F)(F)F)c2)nc2cc(NC(=O)c3cc(CNC(=O)C(C)(C)C)ccc3C(F)(F)F)ccc12. The quantitative estimate of drug-likeness (QED) is 0.212. The molecule has 0 saturated heterocycles. The molecule has 2 heterocycles. The number of anilines is 2. The number of hydrogen-bond acceptors (Lipinski definition) is 6. The number of fused-ring (bicyclic) bond motifs is 1. The number of nitrogens with zero attached hydrogens (tertiary/aromatic N) is 3. The van der Waals surface area contributed by atoms with Gasteiger partial charge < -0.3 is 16.0 Å². The van der Waals surface area contributed by atoms with E-state index in [9.17, 15) is 35.9 Å². The molecule has 0 aliphatic heterocycles. The lowest BCUT2D eigenvalue weighted by atomic mass is 9.95. The molecule has 0 aliphatic carbocycles. The van der Waals surface area contributed by atoms with E-state index < -0.39 is 40.4 Å². The van der Waals surface area contributed by atoms with Gasteiger partial charge in [0.15, 0.2) is 5.82 Å². The standard InChI is InChI=1S/C29H26F6N6O2/c1-27(2,3)26(43)38-12-15-5-8-21(29(33,34)35)20(9-15)25(42)39-18-6-7-19-22(11-18)40-23(41-24(19)36-4)16-10-17(14-37-13-16)28(30,31)32/h5-11,13-14H,12H2,1-4H3,(H,38,43)(H,39,42)(H,36,40,41). The molecule has 226 valence electrons. The number of halogens is 6. The number of hydrogen-bond donors (Lipinski definition) is 3. The van der Waals surface area contributed by atoms with Crippen molar-refractivity contribution < 1.29 is 35.9 Å². The van der Waals surface area contributed by atoms with Crippen LogP contribution in [0.2, 0.25) is 0 Å². The highest BCUT2D eigenvalue weighted by atomic mass is 19.4. The summed E-state index contributed by atoms with van der Waals surface area (Å²) in [7, 11) is 1.54. The highest BCUT2D eigenvalue weighted by Gasteiger charge is 2.35. The van der Waals surface area contributed by atoms with E-state index in [0.717, 1.165) is 24.4 Å². The fourth-order valence-electron chi connectivity index (χ4n) is 4.03. The Balaban J connectivity index is 1.69. The number of aromatic nitrogens is 3. The van der Waals surface area contributed by atoms with Crippen LogP contribution in [0.3, 0.4) is 0 Å². The largest absolute Gasteiger partial charge is 0.417 e. The van der Waals surface area contributed by atoms with Crippen LogP contribution in [-0.4, -0.2) is 33.8 Å². The van der Waals surface area contributed by atoms with E-state index in [4.69, 9.17) is 0 Å². The number of nitrogens with one attached hydrogen (secondary N) is 3. The van der Waals surface area contributed by atoms with Crippen LogP contribution < -0.4 is 16.0 Å². The molecule has 0 fully saturated rings. The number of carbonyl (C=O) groups excluding carboxylic acids is 2. The normalized spacial score (nSPS) is 12.2. The summed E-state index contributed by atoms with van der Waals surface area (Å²) in [5.74, 6) is -1.22. The molecule has 43 heavy (non-hydrogen) atoms. The first-order valence-electron chi connectivity index (χ1n) is 12.8. The second-order valence-electron chi connectivity index (χ2n) is 10.6. The summed E-state index contributed by atoms with van der Waals surface area (Å²) in [6.45, 7) is 4.95. The second kappa shape index (κ2) is 11.5. The minimum atomic E-state index is -4.84. The molecule has 0 radical (unpaired) electrons. The van der Waals surface area contributed by atoms with Gasteiger partial charge in [-0.1, -0.05) is 26.8 Å². The molecular formula is C29H26F6N6O2. The van der Waals surface area contributed by atoms with E-state index in [1.165, 1.54) is 24.3 Å². The Labute approximate surface area is 242 Å². The highest BCUT2D eigenvalue weighted by molar-refractivity contribution is 6.06. The van der Waals surface area contributed by atoms with E-state index in [-0.39, 0.29) is 46.4 Å². The van der Waals surface area contributed by atoms with Crippen LogP contribution in [-0.2, 0) is 23.7 Å². The molecule has 0 atom stereocenters. The first kappa shape index (κ1) is 31.2. The van der Waals surface area contributed by atoms with Crippen molar-refractivity contribution in [3.05, 3.63) is 77.1 Å². The monoisotopic (exact) mass is 604 g/mol. The van der Waals surface area contributed by atoms with Crippen molar-refractivity contribution in [1.82, 2.24) is 20.3 Å². The van der Waals surface area contributed by atoms with Crippen LogP contribution in [0.25, 0.3) is 22.3 Å². The van der Waals surface area contributed by atoms with Crippen LogP contribution in [0, 0.1) is 5.41 Å². The maximum Gasteiger partial charge on any atom is 0.417 e. The molecule has 0 bridgehead atoms. The Morgan fingerprint density at radius 3 is 2.21 bits per heavy atom. The highest BCUT2D eigenvalue weighted by Crippen LogP contribution is 2.34. The smallest absolute Gasteiger partial charge is 0.373 e. The van der Waals surface area contributed by atoms with Gasteiger partial charge in [0, 0.05) is 48.0 Å². The Morgan fingerprint density at radius 1 is 0.860 bits per heavy atom. The Bertz CT molecular complexity index is 1700. The van der Waals surface area contributed by atoms with Crippen LogP contribution in [0.15, 0.2) is 54.9 Å². The van der Waals surface area contributed by atoms with E-state index in [1.807, 2.05) is 0 Å². The summed E-state index contributed by atoms with van der Waals surface area (Å²) in [5, 5.41) is 8.35. The second-order valence-corrected chi connectivity index (χ2v) is 10.6. The molecule has 2 aromatic heterocycles. The van der Waals surface area contributed by atoms with Crippen LogP contribution in [0.5, 0.6) is 0 Å². The predicted octanol–water partition coefficient (Wildman–Crippen LogP) is 6.69. The number of carbonyl (C=O) groups is 2. The van der Waals surface area contributed by atoms with E-state index in [1.54, 1.807) is 27.8 Å². The zero-order valence-corrected chi connectivity index (χ0v) is 23.3. The van der Waals surface area contributed by atoms with Gasteiger partial charge in [-0.25, -0.2) is 9.97 Å². The third-order valence-electron chi connectivity index (χ3n) is 6.28. The van der Waals surface area contributed by atoms with Crippen molar-refractivity contribution in [3.63, 3.8) is 0 Å². The van der Waals surface area contributed by atoms with Crippen LogP contribution >= 0.6 is 0 Å². The minimum absolute atomic E-state index is 0.0205. The molecule has 4 rings (SSSR count). The summed E-state index contributed by atoms with van der Waals surface area (Å²) >= 11 is 0. The first-order chi connectivity index (χ1) is 20.0. The van der Waals surface area contributed by atoms with Gasteiger partial charge in [-0.3, -0.25) is 14.6 Å². The third kappa shape index (κ3) is 7.19. The van der Waals surface area contributed by atoms with Gasteiger partial charge in [0.25, 0.3) is 5.91 Å². The fraction of sp³-hybridized carbons (Fsp3) is 0.276.